The van der Waals surface area contributed by atoms with Crippen molar-refractivity contribution in [3.05, 3.63) is 54.1 Å². The van der Waals surface area contributed by atoms with Gasteiger partial charge in [0.05, 0.1) is 18.4 Å². The first-order valence-electron chi connectivity index (χ1n) is 6.72. The lowest BCUT2D eigenvalue weighted by molar-refractivity contribution is -0.122. The maximum absolute atomic E-state index is 12.1. The van der Waals surface area contributed by atoms with Gasteiger partial charge in [-0.05, 0) is 12.0 Å². The number of hydrogen-bond donors (Lipinski definition) is 3. The number of nitrogens with two attached hydrogens (primary N) is 1. The number of carbonyl (C=O) groups is 1. The number of H-pyrrole nitrogens is 1. The normalized spacial score (nSPS) is 13.1. The molecule has 108 valence electrons. The van der Waals surface area contributed by atoms with E-state index in [0.29, 0.717) is 12.8 Å². The average Bonchev–Trinajstić information content (AvgIpc) is 3.00. The van der Waals surface area contributed by atoms with Crippen LogP contribution in [0.4, 0.5) is 0 Å². The van der Waals surface area contributed by atoms with Crippen LogP contribution >= 0.6 is 0 Å². The SMILES string of the molecule is C#CC(Cc1cnc[nH]1)NC(=O)C(N)Cc1ccccc1. The summed E-state index contributed by atoms with van der Waals surface area (Å²) in [5, 5.41) is 2.78. The Morgan fingerprint density at radius 1 is 1.38 bits per heavy atom. The number of nitrogens with one attached hydrogen (secondary N) is 2. The van der Waals surface area contributed by atoms with Gasteiger partial charge in [0.25, 0.3) is 0 Å². The Morgan fingerprint density at radius 2 is 2.14 bits per heavy atom. The Kier molecular flexibility index (Phi) is 5.13. The third kappa shape index (κ3) is 4.48. The van der Waals surface area contributed by atoms with Crippen LogP contribution in [0.2, 0.25) is 0 Å². The number of carbonyl (C=O) groups excluding carboxylic acids is 1. The molecule has 0 bridgehead atoms. The van der Waals surface area contributed by atoms with Gasteiger partial charge in [0.15, 0.2) is 0 Å². The first-order valence-corrected chi connectivity index (χ1v) is 6.72. The maximum Gasteiger partial charge on any atom is 0.238 e. The molecule has 5 heteroatoms. The molecule has 0 saturated carbocycles. The fourth-order valence-electron chi connectivity index (χ4n) is 2.01. The summed E-state index contributed by atoms with van der Waals surface area (Å²) in [6.45, 7) is 0. The number of hydrogen-bond acceptors (Lipinski definition) is 3. The van der Waals surface area contributed by atoms with Crippen LogP contribution in [0.25, 0.3) is 0 Å². The molecule has 1 amide bonds. The van der Waals surface area contributed by atoms with Crippen molar-refractivity contribution >= 4 is 5.91 Å². The number of rotatable bonds is 6. The van der Waals surface area contributed by atoms with Gasteiger partial charge < -0.3 is 16.0 Å². The van der Waals surface area contributed by atoms with Gasteiger partial charge in [-0.25, -0.2) is 4.98 Å². The Labute approximate surface area is 124 Å². The van der Waals surface area contributed by atoms with Crippen LogP contribution in [-0.4, -0.2) is 28.0 Å². The standard InChI is InChI=1S/C16H18N4O/c1-2-13(9-14-10-18-11-19-14)20-16(21)15(17)8-12-6-4-3-5-7-12/h1,3-7,10-11,13,15H,8-9,17H2,(H,18,19)(H,20,21). The monoisotopic (exact) mass is 282 g/mol. The minimum Gasteiger partial charge on any atom is -0.348 e. The number of imidazole rings is 1. The topological polar surface area (TPSA) is 83.8 Å². The second-order valence-corrected chi connectivity index (χ2v) is 4.81. The largest absolute Gasteiger partial charge is 0.348 e. The van der Waals surface area contributed by atoms with E-state index < -0.39 is 12.1 Å². The summed E-state index contributed by atoms with van der Waals surface area (Å²) < 4.78 is 0. The number of aromatic amines is 1. The van der Waals surface area contributed by atoms with E-state index in [0.717, 1.165) is 11.3 Å². The van der Waals surface area contributed by atoms with Crippen molar-refractivity contribution in [2.45, 2.75) is 24.9 Å². The maximum atomic E-state index is 12.1. The molecule has 2 aromatic rings. The molecule has 5 nitrogen and oxygen atoms in total. The molecule has 2 unspecified atom stereocenters. The van der Waals surface area contributed by atoms with E-state index in [9.17, 15) is 4.79 Å². The summed E-state index contributed by atoms with van der Waals surface area (Å²) >= 11 is 0. The van der Waals surface area contributed by atoms with Crippen LogP contribution in [-0.2, 0) is 17.6 Å². The molecule has 1 aromatic carbocycles. The third-order valence-corrected chi connectivity index (χ3v) is 3.13. The molecule has 0 radical (unpaired) electrons. The van der Waals surface area contributed by atoms with Crippen LogP contribution in [0.3, 0.4) is 0 Å². The second-order valence-electron chi connectivity index (χ2n) is 4.81. The Morgan fingerprint density at radius 3 is 2.76 bits per heavy atom. The lowest BCUT2D eigenvalue weighted by Crippen LogP contribution is -2.46. The van der Waals surface area contributed by atoms with Crippen molar-refractivity contribution in [2.75, 3.05) is 0 Å². The first-order chi connectivity index (χ1) is 10.2. The summed E-state index contributed by atoms with van der Waals surface area (Å²) in [5.41, 5.74) is 7.81. The molecule has 0 spiro atoms. The van der Waals surface area contributed by atoms with Crippen molar-refractivity contribution in [2.24, 2.45) is 5.73 Å². The highest BCUT2D eigenvalue weighted by Crippen LogP contribution is 2.03. The number of aromatic nitrogens is 2. The molecule has 0 fully saturated rings. The zero-order valence-corrected chi connectivity index (χ0v) is 11.6. The molecule has 4 N–H and O–H groups in total. The van der Waals surface area contributed by atoms with Crippen molar-refractivity contribution < 1.29 is 4.79 Å². The molecule has 1 aromatic heterocycles. The van der Waals surface area contributed by atoms with Gasteiger partial charge in [-0.2, -0.15) is 0 Å². The van der Waals surface area contributed by atoms with E-state index in [2.05, 4.69) is 21.2 Å². The van der Waals surface area contributed by atoms with Gasteiger partial charge in [-0.15, -0.1) is 6.42 Å². The predicted octanol–water partition coefficient (Wildman–Crippen LogP) is 0.640. The zero-order chi connectivity index (χ0) is 15.1. The Bertz CT molecular complexity index is 601. The van der Waals surface area contributed by atoms with E-state index in [1.165, 1.54) is 0 Å². The van der Waals surface area contributed by atoms with E-state index >= 15 is 0 Å². The number of nitrogens with zero attached hydrogens (tertiary/aromatic N) is 1. The predicted molar refractivity (Wildman–Crippen MR) is 81.2 cm³/mol. The summed E-state index contributed by atoms with van der Waals surface area (Å²) in [5.74, 6) is 2.31. The van der Waals surface area contributed by atoms with Crippen LogP contribution in [0.5, 0.6) is 0 Å². The lowest BCUT2D eigenvalue weighted by Gasteiger charge is -2.16. The van der Waals surface area contributed by atoms with Crippen LogP contribution in [0.15, 0.2) is 42.9 Å². The summed E-state index contributed by atoms with van der Waals surface area (Å²) in [6, 6.07) is 8.62. The van der Waals surface area contributed by atoms with Gasteiger partial charge in [-0.1, -0.05) is 36.3 Å². The Balaban J connectivity index is 1.88. The third-order valence-electron chi connectivity index (χ3n) is 3.13. The molecular formula is C16H18N4O. The Hall–Kier alpha value is -2.58. The summed E-state index contributed by atoms with van der Waals surface area (Å²) in [7, 11) is 0. The van der Waals surface area contributed by atoms with Gasteiger partial charge in [-0.3, -0.25) is 4.79 Å². The lowest BCUT2D eigenvalue weighted by atomic mass is 10.1. The number of amides is 1. The summed E-state index contributed by atoms with van der Waals surface area (Å²) in [6.07, 6.45) is 9.69. The highest BCUT2D eigenvalue weighted by atomic mass is 16.2. The zero-order valence-electron chi connectivity index (χ0n) is 11.6. The van der Waals surface area contributed by atoms with Gasteiger partial charge in [0.2, 0.25) is 5.91 Å². The fourth-order valence-corrected chi connectivity index (χ4v) is 2.01. The first kappa shape index (κ1) is 14.8. The van der Waals surface area contributed by atoms with Crippen molar-refractivity contribution in [1.82, 2.24) is 15.3 Å². The highest BCUT2D eigenvalue weighted by molar-refractivity contribution is 5.82. The van der Waals surface area contributed by atoms with Crippen LogP contribution < -0.4 is 11.1 Å². The van der Waals surface area contributed by atoms with E-state index in [1.54, 1.807) is 12.5 Å². The quantitative estimate of drug-likeness (QED) is 0.680. The molecular weight excluding hydrogens is 264 g/mol. The molecule has 1 heterocycles. The smallest absolute Gasteiger partial charge is 0.238 e. The molecule has 21 heavy (non-hydrogen) atoms. The molecule has 0 aliphatic heterocycles. The van der Waals surface area contributed by atoms with Gasteiger partial charge in [0, 0.05) is 18.3 Å². The molecule has 2 atom stereocenters. The average molecular weight is 282 g/mol. The second kappa shape index (κ2) is 7.27. The van der Waals surface area contributed by atoms with Gasteiger partial charge >= 0.3 is 0 Å². The number of terminal acetylenes is 1. The molecule has 0 saturated heterocycles. The minimum atomic E-state index is -0.620. The van der Waals surface area contributed by atoms with Gasteiger partial charge in [0.1, 0.15) is 0 Å². The van der Waals surface area contributed by atoms with Crippen molar-refractivity contribution in [3.8, 4) is 12.3 Å². The molecule has 0 aliphatic carbocycles. The van der Waals surface area contributed by atoms with E-state index in [4.69, 9.17) is 12.2 Å². The molecule has 0 aliphatic rings. The molecule has 2 rings (SSSR count). The van der Waals surface area contributed by atoms with Crippen LogP contribution in [0, 0.1) is 12.3 Å². The number of benzene rings is 1. The van der Waals surface area contributed by atoms with E-state index in [-0.39, 0.29) is 5.91 Å². The summed E-state index contributed by atoms with van der Waals surface area (Å²) in [4.78, 5) is 19.0. The van der Waals surface area contributed by atoms with Crippen LogP contribution in [0.1, 0.15) is 11.3 Å². The van der Waals surface area contributed by atoms with Crippen molar-refractivity contribution in [1.29, 1.82) is 0 Å². The van der Waals surface area contributed by atoms with Crippen molar-refractivity contribution in [3.63, 3.8) is 0 Å². The fraction of sp³-hybridized carbons (Fsp3) is 0.250. The minimum absolute atomic E-state index is 0.249. The van der Waals surface area contributed by atoms with E-state index in [1.807, 2.05) is 30.3 Å². The highest BCUT2D eigenvalue weighted by Gasteiger charge is 2.17.